The predicted octanol–water partition coefficient (Wildman–Crippen LogP) is 4.49. The molecule has 1 amide bonds. The van der Waals surface area contributed by atoms with Crippen LogP contribution < -0.4 is 10.3 Å². The molecule has 0 aliphatic carbocycles. The summed E-state index contributed by atoms with van der Waals surface area (Å²) in [4.78, 5) is 32.6. The SMILES string of the molecule is C=CCN1C(=O)/C(=C\c2c(Oc3ccccc3C)nc3c(C)cccn3c2=O)SC1=S. The number of thioether (sulfide) groups is 1. The molecule has 8 heteroatoms. The summed E-state index contributed by atoms with van der Waals surface area (Å²) in [5.74, 6) is 0.453. The first kappa shape index (κ1) is 21.0. The fourth-order valence-corrected chi connectivity index (χ4v) is 4.44. The van der Waals surface area contributed by atoms with Gasteiger partial charge >= 0.3 is 0 Å². The molecule has 3 aromatic rings. The minimum absolute atomic E-state index is 0.141. The van der Waals surface area contributed by atoms with Crippen LogP contribution in [0.25, 0.3) is 11.7 Å². The molecule has 156 valence electrons. The summed E-state index contributed by atoms with van der Waals surface area (Å²) in [7, 11) is 0. The van der Waals surface area contributed by atoms with Crippen molar-refractivity contribution in [3.63, 3.8) is 0 Å². The van der Waals surface area contributed by atoms with Crippen molar-refractivity contribution in [2.75, 3.05) is 6.54 Å². The Hall–Kier alpha value is -3.23. The lowest BCUT2D eigenvalue weighted by atomic mass is 10.2. The van der Waals surface area contributed by atoms with Gasteiger partial charge in [-0.1, -0.05) is 54.3 Å². The lowest BCUT2D eigenvalue weighted by Gasteiger charge is -2.13. The summed E-state index contributed by atoms with van der Waals surface area (Å²) in [5.41, 5.74) is 2.08. The number of carbonyl (C=O) groups excluding carboxylic acids is 1. The van der Waals surface area contributed by atoms with E-state index in [1.54, 1.807) is 18.3 Å². The van der Waals surface area contributed by atoms with Gasteiger partial charge in [0.2, 0.25) is 5.88 Å². The number of nitrogens with zero attached hydrogens (tertiary/aromatic N) is 3. The average Bonchev–Trinajstić information content (AvgIpc) is 3.01. The van der Waals surface area contributed by atoms with E-state index in [-0.39, 0.29) is 22.9 Å². The first-order chi connectivity index (χ1) is 14.9. The zero-order chi connectivity index (χ0) is 22.1. The Morgan fingerprint density at radius 2 is 1.90 bits per heavy atom. The van der Waals surface area contributed by atoms with Gasteiger partial charge in [-0.2, -0.15) is 4.98 Å². The third kappa shape index (κ3) is 3.92. The van der Waals surface area contributed by atoms with Crippen LogP contribution >= 0.6 is 24.0 Å². The number of benzene rings is 1. The van der Waals surface area contributed by atoms with Crippen LogP contribution in [0.5, 0.6) is 11.6 Å². The second kappa shape index (κ2) is 8.49. The van der Waals surface area contributed by atoms with Crippen molar-refractivity contribution in [3.05, 3.63) is 87.2 Å². The van der Waals surface area contributed by atoms with Gasteiger partial charge in [-0.25, -0.2) is 0 Å². The van der Waals surface area contributed by atoms with Crippen LogP contribution in [0.3, 0.4) is 0 Å². The quantitative estimate of drug-likeness (QED) is 0.325. The van der Waals surface area contributed by atoms with Gasteiger partial charge in [-0.15, -0.1) is 6.58 Å². The predicted molar refractivity (Wildman–Crippen MR) is 128 cm³/mol. The monoisotopic (exact) mass is 449 g/mol. The smallest absolute Gasteiger partial charge is 0.269 e. The van der Waals surface area contributed by atoms with Crippen LogP contribution in [-0.4, -0.2) is 31.1 Å². The number of hydrogen-bond donors (Lipinski definition) is 0. The van der Waals surface area contributed by atoms with Crippen LogP contribution in [-0.2, 0) is 4.79 Å². The molecule has 1 aromatic carbocycles. The molecule has 0 bridgehead atoms. The fourth-order valence-electron chi connectivity index (χ4n) is 3.19. The first-order valence-corrected chi connectivity index (χ1v) is 10.7. The van der Waals surface area contributed by atoms with E-state index in [0.717, 1.165) is 22.9 Å². The number of fused-ring (bicyclic) bond motifs is 1. The van der Waals surface area contributed by atoms with Gasteiger partial charge in [-0.05, 0) is 43.2 Å². The molecule has 0 saturated carbocycles. The van der Waals surface area contributed by atoms with E-state index < -0.39 is 0 Å². The third-order valence-electron chi connectivity index (χ3n) is 4.81. The fraction of sp³-hybridized carbons (Fsp3) is 0.130. The maximum atomic E-state index is 13.4. The Labute approximate surface area is 188 Å². The Kier molecular flexibility index (Phi) is 5.75. The molecule has 0 radical (unpaired) electrons. The Balaban J connectivity index is 1.91. The number of ether oxygens (including phenoxy) is 1. The molecule has 1 aliphatic heterocycles. The Morgan fingerprint density at radius 3 is 2.65 bits per heavy atom. The first-order valence-electron chi connectivity index (χ1n) is 9.52. The lowest BCUT2D eigenvalue weighted by molar-refractivity contribution is -0.121. The number of pyridine rings is 1. The second-order valence-electron chi connectivity index (χ2n) is 6.97. The third-order valence-corrected chi connectivity index (χ3v) is 6.19. The van der Waals surface area contributed by atoms with Crippen molar-refractivity contribution in [1.82, 2.24) is 14.3 Å². The van der Waals surface area contributed by atoms with E-state index >= 15 is 0 Å². The highest BCUT2D eigenvalue weighted by Gasteiger charge is 2.32. The molecule has 0 unspecified atom stereocenters. The minimum Gasteiger partial charge on any atom is -0.438 e. The van der Waals surface area contributed by atoms with Crippen molar-refractivity contribution in [2.24, 2.45) is 0 Å². The topological polar surface area (TPSA) is 63.9 Å². The zero-order valence-corrected chi connectivity index (χ0v) is 18.6. The maximum Gasteiger partial charge on any atom is 0.269 e. The average molecular weight is 450 g/mol. The summed E-state index contributed by atoms with van der Waals surface area (Å²) in [6.07, 6.45) is 4.77. The Morgan fingerprint density at radius 1 is 1.16 bits per heavy atom. The van der Waals surface area contributed by atoms with Crippen molar-refractivity contribution >= 4 is 45.9 Å². The zero-order valence-electron chi connectivity index (χ0n) is 17.0. The van der Waals surface area contributed by atoms with E-state index in [2.05, 4.69) is 11.6 Å². The van der Waals surface area contributed by atoms with Gasteiger partial charge in [0.1, 0.15) is 21.3 Å². The number of aromatic nitrogens is 2. The molecule has 1 saturated heterocycles. The van der Waals surface area contributed by atoms with Crippen LogP contribution in [0.2, 0.25) is 0 Å². The summed E-state index contributed by atoms with van der Waals surface area (Å²) >= 11 is 6.45. The highest BCUT2D eigenvalue weighted by molar-refractivity contribution is 8.26. The number of para-hydroxylation sites is 1. The van der Waals surface area contributed by atoms with Gasteiger partial charge in [0.15, 0.2) is 0 Å². The van der Waals surface area contributed by atoms with E-state index in [1.165, 1.54) is 15.4 Å². The molecule has 31 heavy (non-hydrogen) atoms. The van der Waals surface area contributed by atoms with Gasteiger partial charge in [0, 0.05) is 12.7 Å². The lowest BCUT2D eigenvalue weighted by Crippen LogP contribution is -2.28. The molecular weight excluding hydrogens is 430 g/mol. The number of carbonyl (C=O) groups is 1. The summed E-state index contributed by atoms with van der Waals surface area (Å²) < 4.78 is 7.95. The molecule has 1 fully saturated rings. The molecule has 0 spiro atoms. The number of hydrogen-bond acceptors (Lipinski definition) is 6. The van der Waals surface area contributed by atoms with Gasteiger partial charge in [0.05, 0.1) is 4.91 Å². The number of aryl methyl sites for hydroxylation is 2. The maximum absolute atomic E-state index is 13.4. The van der Waals surface area contributed by atoms with Gasteiger partial charge in [-0.3, -0.25) is 18.9 Å². The van der Waals surface area contributed by atoms with E-state index in [1.807, 2.05) is 44.2 Å². The van der Waals surface area contributed by atoms with Crippen LogP contribution in [0.1, 0.15) is 16.7 Å². The van der Waals surface area contributed by atoms with Crippen molar-refractivity contribution in [2.45, 2.75) is 13.8 Å². The van der Waals surface area contributed by atoms with Crippen molar-refractivity contribution in [3.8, 4) is 11.6 Å². The molecule has 0 atom stereocenters. The van der Waals surface area contributed by atoms with Gasteiger partial charge < -0.3 is 4.74 Å². The Bertz CT molecular complexity index is 1330. The van der Waals surface area contributed by atoms with Gasteiger partial charge in [0.25, 0.3) is 11.5 Å². The van der Waals surface area contributed by atoms with E-state index in [4.69, 9.17) is 17.0 Å². The molecule has 1 aliphatic rings. The summed E-state index contributed by atoms with van der Waals surface area (Å²) in [5, 5.41) is 0. The summed E-state index contributed by atoms with van der Waals surface area (Å²) in [6, 6.07) is 11.1. The van der Waals surface area contributed by atoms with Crippen molar-refractivity contribution < 1.29 is 9.53 Å². The number of rotatable bonds is 5. The summed E-state index contributed by atoms with van der Waals surface area (Å²) in [6.45, 7) is 7.76. The minimum atomic E-state index is -0.328. The second-order valence-corrected chi connectivity index (χ2v) is 8.64. The van der Waals surface area contributed by atoms with Crippen LogP contribution in [0.4, 0.5) is 0 Å². The van der Waals surface area contributed by atoms with Crippen LogP contribution in [0.15, 0.2) is 64.9 Å². The van der Waals surface area contributed by atoms with Crippen LogP contribution in [0, 0.1) is 13.8 Å². The van der Waals surface area contributed by atoms with E-state index in [0.29, 0.717) is 27.2 Å². The highest BCUT2D eigenvalue weighted by Crippen LogP contribution is 2.34. The molecule has 3 heterocycles. The molecule has 2 aromatic heterocycles. The molecular formula is C23H19N3O3S2. The highest BCUT2D eigenvalue weighted by atomic mass is 32.2. The van der Waals surface area contributed by atoms with E-state index in [9.17, 15) is 9.59 Å². The molecule has 0 N–H and O–H groups in total. The normalized spacial score (nSPS) is 15.2. The largest absolute Gasteiger partial charge is 0.438 e. The molecule has 6 nitrogen and oxygen atoms in total. The molecule has 4 rings (SSSR count). The number of thiocarbonyl (C=S) groups is 1. The van der Waals surface area contributed by atoms with Crippen molar-refractivity contribution in [1.29, 1.82) is 0 Å². The standard InChI is InChI=1S/C23H19N3O3S2/c1-4-11-26-22(28)18(31-23(26)30)13-16-20(29-17-10-6-5-8-14(17)2)24-19-15(3)9-7-12-25(19)21(16)27/h4-10,12-13H,1,11H2,2-3H3/b18-13+. The number of amides is 1.